The molecular formula is C16H22O4. The smallest absolute Gasteiger partial charge is 0.335 e. The van der Waals surface area contributed by atoms with Gasteiger partial charge in [-0.3, -0.25) is 0 Å². The van der Waals surface area contributed by atoms with Crippen molar-refractivity contribution in [2.45, 2.75) is 39.5 Å². The van der Waals surface area contributed by atoms with Crippen LogP contribution in [0.3, 0.4) is 0 Å². The summed E-state index contributed by atoms with van der Waals surface area (Å²) in [4.78, 5) is 21.1. The van der Waals surface area contributed by atoms with Crippen LogP contribution in [0.2, 0.25) is 0 Å². The molecule has 1 aromatic rings. The molecule has 4 heteroatoms. The maximum Gasteiger partial charge on any atom is 0.335 e. The third-order valence-corrected chi connectivity index (χ3v) is 2.58. The molecule has 110 valence electrons. The molecule has 0 spiro atoms. The molecule has 0 atom stereocenters. The van der Waals surface area contributed by atoms with Crippen molar-refractivity contribution in [1.29, 1.82) is 0 Å². The van der Waals surface area contributed by atoms with Crippen molar-refractivity contribution in [3.63, 3.8) is 0 Å². The van der Waals surface area contributed by atoms with Gasteiger partial charge in [0.1, 0.15) is 0 Å². The Morgan fingerprint density at radius 3 is 1.95 bits per heavy atom. The zero-order valence-electron chi connectivity index (χ0n) is 12.1. The van der Waals surface area contributed by atoms with Crippen LogP contribution < -0.4 is 0 Å². The minimum atomic E-state index is -1.12. The van der Waals surface area contributed by atoms with Crippen LogP contribution in [0.1, 0.15) is 58.9 Å². The van der Waals surface area contributed by atoms with E-state index in [0.717, 1.165) is 6.07 Å². The zero-order valence-corrected chi connectivity index (χ0v) is 12.1. The minimum Gasteiger partial charge on any atom is -0.478 e. The fourth-order valence-electron chi connectivity index (χ4n) is 1.57. The van der Waals surface area contributed by atoms with Gasteiger partial charge in [0.2, 0.25) is 0 Å². The van der Waals surface area contributed by atoms with Gasteiger partial charge in [-0.25, -0.2) is 9.59 Å². The molecule has 1 aromatic carbocycles. The number of benzene rings is 1. The highest BCUT2D eigenvalue weighted by Gasteiger charge is 2.09. The van der Waals surface area contributed by atoms with Gasteiger partial charge < -0.3 is 10.2 Å². The highest BCUT2D eigenvalue weighted by Crippen LogP contribution is 2.09. The summed E-state index contributed by atoms with van der Waals surface area (Å²) in [5, 5.41) is 17.2. The maximum atomic E-state index is 10.5. The van der Waals surface area contributed by atoms with Gasteiger partial charge in [-0.05, 0) is 43.5 Å². The standard InChI is InChI=1S/C9H8O4.C7H14/c1-5-2-6(8(10)11)4-7(3-5)9(12)13;1-3-5-7-6-4-2/h2-4H,1H3,(H,10,11)(H,12,13);3H,1,4-7H2,2H3. The van der Waals surface area contributed by atoms with Crippen LogP contribution in [0.15, 0.2) is 30.9 Å². The van der Waals surface area contributed by atoms with E-state index in [1.807, 2.05) is 6.08 Å². The normalized spacial score (nSPS) is 9.30. The molecule has 0 fully saturated rings. The fourth-order valence-corrected chi connectivity index (χ4v) is 1.57. The molecule has 0 aliphatic heterocycles. The van der Waals surface area contributed by atoms with Crippen LogP contribution in [-0.2, 0) is 0 Å². The van der Waals surface area contributed by atoms with Crippen molar-refractivity contribution in [3.8, 4) is 0 Å². The summed E-state index contributed by atoms with van der Waals surface area (Å²) in [6.07, 6.45) is 7.16. The van der Waals surface area contributed by atoms with Crippen LogP contribution in [0.4, 0.5) is 0 Å². The summed E-state index contributed by atoms with van der Waals surface area (Å²) in [5.74, 6) is -2.24. The Hall–Kier alpha value is -2.10. The van der Waals surface area contributed by atoms with E-state index in [9.17, 15) is 9.59 Å². The van der Waals surface area contributed by atoms with Crippen LogP contribution in [0.5, 0.6) is 0 Å². The molecule has 20 heavy (non-hydrogen) atoms. The van der Waals surface area contributed by atoms with Gasteiger partial charge in [0.25, 0.3) is 0 Å². The van der Waals surface area contributed by atoms with E-state index in [2.05, 4.69) is 13.5 Å². The maximum absolute atomic E-state index is 10.5. The summed E-state index contributed by atoms with van der Waals surface area (Å²) in [6.45, 7) is 7.50. The first-order valence-corrected chi connectivity index (χ1v) is 6.61. The van der Waals surface area contributed by atoms with Crippen molar-refractivity contribution < 1.29 is 19.8 Å². The highest BCUT2D eigenvalue weighted by molar-refractivity contribution is 5.94. The molecule has 4 nitrogen and oxygen atoms in total. The molecule has 0 unspecified atom stereocenters. The molecule has 0 amide bonds. The Morgan fingerprint density at radius 2 is 1.60 bits per heavy atom. The molecule has 0 radical (unpaired) electrons. The van der Waals surface area contributed by atoms with Crippen LogP contribution >= 0.6 is 0 Å². The molecule has 0 aliphatic rings. The van der Waals surface area contributed by atoms with Crippen molar-refractivity contribution in [2.75, 3.05) is 0 Å². The average Bonchev–Trinajstić information content (AvgIpc) is 2.39. The third kappa shape index (κ3) is 7.36. The Morgan fingerprint density at radius 1 is 1.10 bits per heavy atom. The molecular weight excluding hydrogens is 256 g/mol. The van der Waals surface area contributed by atoms with Crippen LogP contribution in [-0.4, -0.2) is 22.2 Å². The first kappa shape index (κ1) is 17.9. The van der Waals surface area contributed by atoms with E-state index in [4.69, 9.17) is 10.2 Å². The lowest BCUT2D eigenvalue weighted by atomic mass is 10.1. The van der Waals surface area contributed by atoms with Crippen LogP contribution in [0, 0.1) is 6.92 Å². The Balaban J connectivity index is 0.000000441. The van der Waals surface area contributed by atoms with Gasteiger partial charge in [-0.1, -0.05) is 25.8 Å². The van der Waals surface area contributed by atoms with E-state index < -0.39 is 11.9 Å². The number of aryl methyl sites for hydroxylation is 1. The van der Waals surface area contributed by atoms with Gasteiger partial charge in [0, 0.05) is 0 Å². The number of carbonyl (C=O) groups is 2. The number of allylic oxidation sites excluding steroid dienone is 1. The van der Waals surface area contributed by atoms with Crippen molar-refractivity contribution in [3.05, 3.63) is 47.5 Å². The Bertz CT molecular complexity index is 431. The fraction of sp³-hybridized carbons (Fsp3) is 0.375. The molecule has 0 bridgehead atoms. The van der Waals surface area contributed by atoms with E-state index in [0.29, 0.717) is 5.56 Å². The lowest BCUT2D eigenvalue weighted by molar-refractivity contribution is 0.0696. The van der Waals surface area contributed by atoms with Crippen molar-refractivity contribution in [1.82, 2.24) is 0 Å². The first-order chi connectivity index (χ1) is 9.42. The average molecular weight is 278 g/mol. The summed E-state index contributed by atoms with van der Waals surface area (Å²) in [7, 11) is 0. The monoisotopic (exact) mass is 278 g/mol. The number of carboxylic acids is 2. The number of carboxylic acid groups (broad SMARTS) is 2. The molecule has 0 saturated heterocycles. The molecule has 0 heterocycles. The van der Waals surface area contributed by atoms with Crippen molar-refractivity contribution in [2.24, 2.45) is 0 Å². The van der Waals surface area contributed by atoms with Gasteiger partial charge in [0.15, 0.2) is 0 Å². The molecule has 0 saturated carbocycles. The van der Waals surface area contributed by atoms with Crippen LogP contribution in [0.25, 0.3) is 0 Å². The molecule has 0 aromatic heterocycles. The highest BCUT2D eigenvalue weighted by atomic mass is 16.4. The van der Waals surface area contributed by atoms with Crippen molar-refractivity contribution >= 4 is 11.9 Å². The Kier molecular flexibility index (Phi) is 8.75. The van der Waals surface area contributed by atoms with Gasteiger partial charge in [-0.15, -0.1) is 6.58 Å². The second kappa shape index (κ2) is 9.78. The van der Waals surface area contributed by atoms with E-state index in [1.165, 1.54) is 37.8 Å². The quantitative estimate of drug-likeness (QED) is 0.605. The third-order valence-electron chi connectivity index (χ3n) is 2.58. The second-order valence-corrected chi connectivity index (χ2v) is 4.48. The summed E-state index contributed by atoms with van der Waals surface area (Å²) in [6, 6.07) is 3.99. The lowest BCUT2D eigenvalue weighted by Gasteiger charge is -1.99. The Labute approximate surface area is 119 Å². The number of unbranched alkanes of at least 4 members (excludes halogenated alkanes) is 3. The molecule has 2 N–H and O–H groups in total. The minimum absolute atomic E-state index is 0.00241. The van der Waals surface area contributed by atoms with E-state index in [1.54, 1.807) is 6.92 Å². The molecule has 0 aliphatic carbocycles. The summed E-state index contributed by atoms with van der Waals surface area (Å²) < 4.78 is 0. The summed E-state index contributed by atoms with van der Waals surface area (Å²) >= 11 is 0. The summed E-state index contributed by atoms with van der Waals surface area (Å²) in [5.41, 5.74) is 0.618. The first-order valence-electron chi connectivity index (χ1n) is 6.61. The SMILES string of the molecule is C=CCCCCC.Cc1cc(C(=O)O)cc(C(=O)O)c1. The zero-order chi connectivity index (χ0) is 15.5. The second-order valence-electron chi connectivity index (χ2n) is 4.48. The predicted octanol–water partition coefficient (Wildman–Crippen LogP) is 4.14. The number of rotatable bonds is 6. The topological polar surface area (TPSA) is 74.6 Å². The number of hydrogen-bond donors (Lipinski definition) is 2. The van der Waals surface area contributed by atoms with Gasteiger partial charge in [-0.2, -0.15) is 0 Å². The largest absolute Gasteiger partial charge is 0.478 e. The van der Waals surface area contributed by atoms with Gasteiger partial charge in [0.05, 0.1) is 11.1 Å². The van der Waals surface area contributed by atoms with Gasteiger partial charge >= 0.3 is 11.9 Å². The predicted molar refractivity (Wildman–Crippen MR) is 79.4 cm³/mol. The van der Waals surface area contributed by atoms with E-state index >= 15 is 0 Å². The van der Waals surface area contributed by atoms with E-state index in [-0.39, 0.29) is 11.1 Å². The lowest BCUT2D eigenvalue weighted by Crippen LogP contribution is -2.02. The molecule has 1 rings (SSSR count). The number of aromatic carboxylic acids is 2. The number of hydrogen-bond acceptors (Lipinski definition) is 2.